The first-order valence-electron chi connectivity index (χ1n) is 8.05. The van der Waals surface area contributed by atoms with E-state index in [0.717, 1.165) is 9.87 Å². The predicted octanol–water partition coefficient (Wildman–Crippen LogP) is 1.36. The highest BCUT2D eigenvalue weighted by Gasteiger charge is 2.24. The van der Waals surface area contributed by atoms with Gasteiger partial charge in [0.15, 0.2) is 0 Å². The van der Waals surface area contributed by atoms with E-state index < -0.39 is 21.8 Å². The van der Waals surface area contributed by atoms with Gasteiger partial charge in [-0.25, -0.2) is 8.42 Å². The van der Waals surface area contributed by atoms with Crippen LogP contribution in [0.15, 0.2) is 59.5 Å². The zero-order valence-corrected chi connectivity index (χ0v) is 15.2. The maximum absolute atomic E-state index is 12.6. The van der Waals surface area contributed by atoms with Gasteiger partial charge in [0.05, 0.1) is 17.9 Å². The SMILES string of the molecule is CCN(CC(=O)Nc1ccc(CC(N)=O)cc1)S(=O)(=O)c1ccccc1. The summed E-state index contributed by atoms with van der Waals surface area (Å²) in [6, 6.07) is 14.6. The Bertz CT molecular complexity index is 865. The minimum Gasteiger partial charge on any atom is -0.369 e. The lowest BCUT2D eigenvalue weighted by atomic mass is 10.1. The Morgan fingerprint density at radius 2 is 1.65 bits per heavy atom. The molecule has 0 aliphatic rings. The minimum atomic E-state index is -3.74. The molecule has 0 aliphatic carbocycles. The quantitative estimate of drug-likeness (QED) is 0.726. The molecule has 0 saturated heterocycles. The zero-order valence-electron chi connectivity index (χ0n) is 14.4. The predicted molar refractivity (Wildman–Crippen MR) is 98.8 cm³/mol. The first-order valence-corrected chi connectivity index (χ1v) is 9.49. The number of nitrogens with two attached hydrogens (primary N) is 1. The fourth-order valence-electron chi connectivity index (χ4n) is 2.38. The molecule has 0 aliphatic heterocycles. The lowest BCUT2D eigenvalue weighted by Gasteiger charge is -2.20. The number of nitrogens with one attached hydrogen (secondary N) is 1. The third-order valence-electron chi connectivity index (χ3n) is 3.67. The molecule has 7 nitrogen and oxygen atoms in total. The van der Waals surface area contributed by atoms with Crippen molar-refractivity contribution < 1.29 is 18.0 Å². The zero-order chi connectivity index (χ0) is 19.2. The van der Waals surface area contributed by atoms with E-state index in [4.69, 9.17) is 5.73 Å². The number of primary amides is 1. The van der Waals surface area contributed by atoms with Crippen LogP contribution >= 0.6 is 0 Å². The van der Waals surface area contributed by atoms with Gasteiger partial charge in [-0.15, -0.1) is 0 Å². The van der Waals surface area contributed by atoms with E-state index in [2.05, 4.69) is 5.32 Å². The Balaban J connectivity index is 2.04. The molecule has 2 rings (SSSR count). The number of nitrogens with zero attached hydrogens (tertiary/aromatic N) is 1. The fraction of sp³-hybridized carbons (Fsp3) is 0.222. The van der Waals surface area contributed by atoms with Gasteiger partial charge in [0, 0.05) is 12.2 Å². The first-order chi connectivity index (χ1) is 12.3. The van der Waals surface area contributed by atoms with Gasteiger partial charge in [-0.05, 0) is 29.8 Å². The number of hydrogen-bond acceptors (Lipinski definition) is 4. The maximum atomic E-state index is 12.6. The molecule has 0 atom stereocenters. The highest BCUT2D eigenvalue weighted by Crippen LogP contribution is 2.15. The average Bonchev–Trinajstić information content (AvgIpc) is 2.61. The number of rotatable bonds is 8. The normalized spacial score (nSPS) is 11.3. The molecule has 0 unspecified atom stereocenters. The van der Waals surface area contributed by atoms with Crippen LogP contribution in [0.3, 0.4) is 0 Å². The standard InChI is InChI=1S/C18H21N3O4S/c1-2-21(26(24,25)16-6-4-3-5-7-16)13-18(23)20-15-10-8-14(9-11-15)12-17(19)22/h3-11H,2,12-13H2,1H3,(H2,19,22)(H,20,23). The number of benzene rings is 2. The lowest BCUT2D eigenvalue weighted by Crippen LogP contribution is -2.37. The summed E-state index contributed by atoms with van der Waals surface area (Å²) in [4.78, 5) is 23.3. The van der Waals surface area contributed by atoms with Crippen LogP contribution in [0.2, 0.25) is 0 Å². The average molecular weight is 375 g/mol. The van der Waals surface area contributed by atoms with Crippen molar-refractivity contribution in [1.29, 1.82) is 0 Å². The van der Waals surface area contributed by atoms with Crippen LogP contribution < -0.4 is 11.1 Å². The van der Waals surface area contributed by atoms with Crippen molar-refractivity contribution in [3.63, 3.8) is 0 Å². The second-order valence-electron chi connectivity index (χ2n) is 5.63. The fourth-order valence-corrected chi connectivity index (χ4v) is 3.80. The van der Waals surface area contributed by atoms with Gasteiger partial charge < -0.3 is 11.1 Å². The van der Waals surface area contributed by atoms with Crippen LogP contribution in [-0.2, 0) is 26.0 Å². The van der Waals surface area contributed by atoms with E-state index in [-0.39, 0.29) is 24.4 Å². The van der Waals surface area contributed by atoms with Gasteiger partial charge in [0.2, 0.25) is 21.8 Å². The second-order valence-corrected chi connectivity index (χ2v) is 7.57. The van der Waals surface area contributed by atoms with E-state index in [1.54, 1.807) is 49.4 Å². The monoisotopic (exact) mass is 375 g/mol. The van der Waals surface area contributed by atoms with Crippen molar-refractivity contribution in [3.8, 4) is 0 Å². The molecule has 0 saturated carbocycles. The van der Waals surface area contributed by atoms with Crippen molar-refractivity contribution in [3.05, 3.63) is 60.2 Å². The number of sulfonamides is 1. The molecular formula is C18H21N3O4S. The van der Waals surface area contributed by atoms with E-state index in [9.17, 15) is 18.0 Å². The van der Waals surface area contributed by atoms with Crippen LogP contribution in [0, 0.1) is 0 Å². The Morgan fingerprint density at radius 1 is 1.04 bits per heavy atom. The molecule has 0 radical (unpaired) electrons. The molecule has 0 bridgehead atoms. The van der Waals surface area contributed by atoms with Gasteiger partial charge in [0.1, 0.15) is 0 Å². The van der Waals surface area contributed by atoms with Crippen LogP contribution in [0.1, 0.15) is 12.5 Å². The number of anilines is 1. The molecule has 0 fully saturated rings. The largest absolute Gasteiger partial charge is 0.369 e. The molecule has 3 N–H and O–H groups in total. The van der Waals surface area contributed by atoms with Gasteiger partial charge >= 0.3 is 0 Å². The van der Waals surface area contributed by atoms with Gasteiger partial charge in [0.25, 0.3) is 0 Å². The molecule has 138 valence electrons. The van der Waals surface area contributed by atoms with E-state index in [1.807, 2.05) is 0 Å². The number of likely N-dealkylation sites (N-methyl/N-ethyl adjacent to an activating group) is 1. The minimum absolute atomic E-state index is 0.118. The highest BCUT2D eigenvalue weighted by atomic mass is 32.2. The third kappa shape index (κ3) is 5.14. The number of amides is 2. The van der Waals surface area contributed by atoms with Crippen molar-refractivity contribution in [2.24, 2.45) is 5.73 Å². The summed E-state index contributed by atoms with van der Waals surface area (Å²) < 4.78 is 26.3. The second kappa shape index (κ2) is 8.59. The van der Waals surface area contributed by atoms with Crippen molar-refractivity contribution in [2.45, 2.75) is 18.2 Å². The molecule has 2 aromatic rings. The molecule has 8 heteroatoms. The van der Waals surface area contributed by atoms with Gasteiger partial charge in [-0.1, -0.05) is 37.3 Å². The Morgan fingerprint density at radius 3 is 2.19 bits per heavy atom. The van der Waals surface area contributed by atoms with Crippen LogP contribution in [-0.4, -0.2) is 37.6 Å². The summed E-state index contributed by atoms with van der Waals surface area (Å²) in [5.41, 5.74) is 6.38. The third-order valence-corrected chi connectivity index (χ3v) is 5.60. The number of carbonyl (C=O) groups excluding carboxylic acids is 2. The maximum Gasteiger partial charge on any atom is 0.243 e. The number of hydrogen-bond donors (Lipinski definition) is 2. The smallest absolute Gasteiger partial charge is 0.243 e. The van der Waals surface area contributed by atoms with E-state index >= 15 is 0 Å². The number of carbonyl (C=O) groups is 2. The molecule has 26 heavy (non-hydrogen) atoms. The van der Waals surface area contributed by atoms with E-state index in [1.165, 1.54) is 12.1 Å². The summed E-state index contributed by atoms with van der Waals surface area (Å²) in [7, 11) is -3.74. The van der Waals surface area contributed by atoms with Crippen LogP contribution in [0.5, 0.6) is 0 Å². The van der Waals surface area contributed by atoms with Gasteiger partial charge in [-0.3, -0.25) is 9.59 Å². The molecule has 0 aromatic heterocycles. The Hall–Kier alpha value is -2.71. The van der Waals surface area contributed by atoms with Crippen molar-refractivity contribution in [2.75, 3.05) is 18.4 Å². The molecular weight excluding hydrogens is 354 g/mol. The summed E-state index contributed by atoms with van der Waals surface area (Å²) in [5.74, 6) is -0.888. The Labute approximate surface area is 152 Å². The topological polar surface area (TPSA) is 110 Å². The van der Waals surface area contributed by atoms with Crippen LogP contribution in [0.4, 0.5) is 5.69 Å². The molecule has 0 spiro atoms. The van der Waals surface area contributed by atoms with E-state index in [0.29, 0.717) is 5.69 Å². The summed E-state index contributed by atoms with van der Waals surface area (Å²) in [6.45, 7) is 1.55. The summed E-state index contributed by atoms with van der Waals surface area (Å²) >= 11 is 0. The summed E-state index contributed by atoms with van der Waals surface area (Å²) in [5, 5.41) is 2.65. The first kappa shape index (κ1) is 19.6. The summed E-state index contributed by atoms with van der Waals surface area (Å²) in [6.07, 6.45) is 0.118. The lowest BCUT2D eigenvalue weighted by molar-refractivity contribution is -0.117. The molecule has 2 aromatic carbocycles. The van der Waals surface area contributed by atoms with Crippen LogP contribution in [0.25, 0.3) is 0 Å². The highest BCUT2D eigenvalue weighted by molar-refractivity contribution is 7.89. The van der Waals surface area contributed by atoms with Crippen molar-refractivity contribution in [1.82, 2.24) is 4.31 Å². The van der Waals surface area contributed by atoms with Crippen molar-refractivity contribution >= 4 is 27.5 Å². The molecule has 0 heterocycles. The Kier molecular flexibility index (Phi) is 6.48. The molecule has 2 amide bonds. The van der Waals surface area contributed by atoms with Gasteiger partial charge in [-0.2, -0.15) is 4.31 Å².